The van der Waals surface area contributed by atoms with E-state index in [-0.39, 0.29) is 12.2 Å². The first-order valence-electron chi connectivity index (χ1n) is 5.31. The van der Waals surface area contributed by atoms with Crippen LogP contribution in [0.15, 0.2) is 29.0 Å². The first kappa shape index (κ1) is 13.9. The van der Waals surface area contributed by atoms with Crippen LogP contribution in [0.5, 0.6) is 0 Å². The number of anilines is 1. The van der Waals surface area contributed by atoms with Crippen LogP contribution in [0.4, 0.5) is 18.9 Å². The molecule has 0 fully saturated rings. The summed E-state index contributed by atoms with van der Waals surface area (Å²) in [7, 11) is 1.68. The van der Waals surface area contributed by atoms with Gasteiger partial charge >= 0.3 is 6.18 Å². The molecule has 0 bridgehead atoms. The van der Waals surface area contributed by atoms with Crippen molar-refractivity contribution in [2.24, 2.45) is 7.05 Å². The summed E-state index contributed by atoms with van der Waals surface area (Å²) >= 11 is 3.04. The number of rotatable bonds is 3. The normalized spacial score (nSPS) is 11.6. The summed E-state index contributed by atoms with van der Waals surface area (Å²) in [4.78, 5) is 3.94. The lowest BCUT2D eigenvalue weighted by atomic mass is 10.1. The van der Waals surface area contributed by atoms with Crippen LogP contribution in [-0.2, 0) is 19.8 Å². The third kappa shape index (κ3) is 3.25. The van der Waals surface area contributed by atoms with Gasteiger partial charge in [-0.05, 0) is 18.2 Å². The van der Waals surface area contributed by atoms with Crippen LogP contribution in [0.2, 0.25) is 0 Å². The van der Waals surface area contributed by atoms with Crippen molar-refractivity contribution in [1.29, 1.82) is 0 Å². The van der Waals surface area contributed by atoms with E-state index in [0.29, 0.717) is 10.3 Å². The average Bonchev–Trinajstić information content (AvgIpc) is 2.72. The van der Waals surface area contributed by atoms with E-state index in [9.17, 15) is 13.2 Å². The largest absolute Gasteiger partial charge is 0.418 e. The fourth-order valence-electron chi connectivity index (χ4n) is 1.56. The van der Waals surface area contributed by atoms with Crippen molar-refractivity contribution in [3.05, 3.63) is 40.4 Å². The summed E-state index contributed by atoms with van der Waals surface area (Å²) < 4.78 is 40.5. The molecule has 1 N–H and O–H groups in total. The Balaban J connectivity index is 2.23. The fraction of sp³-hybridized carbons (Fsp3) is 0.273. The highest BCUT2D eigenvalue weighted by molar-refractivity contribution is 9.10. The van der Waals surface area contributed by atoms with E-state index >= 15 is 0 Å². The lowest BCUT2D eigenvalue weighted by Crippen LogP contribution is -2.12. The molecule has 4 nitrogen and oxygen atoms in total. The zero-order valence-electron chi connectivity index (χ0n) is 9.87. The first-order chi connectivity index (χ1) is 8.88. The molecule has 0 saturated heterocycles. The minimum absolute atomic E-state index is 0.0127. The molecule has 1 aromatic carbocycles. The van der Waals surface area contributed by atoms with E-state index in [1.165, 1.54) is 17.1 Å². The van der Waals surface area contributed by atoms with Crippen LogP contribution >= 0.6 is 15.9 Å². The molecule has 2 rings (SSSR count). The molecule has 0 spiro atoms. The molecule has 8 heteroatoms. The number of hydrogen-bond donors (Lipinski definition) is 1. The Bertz CT molecular complexity index is 580. The standard InChI is InChI=1S/C11H10BrF3N4/c1-19-10(17-6-18-19)5-16-9-3-2-7(12)4-8(9)11(13,14)15/h2-4,6,16H,5H2,1H3. The predicted octanol–water partition coefficient (Wildman–Crippen LogP) is 3.21. The van der Waals surface area contributed by atoms with Crippen LogP contribution in [0, 0.1) is 0 Å². The van der Waals surface area contributed by atoms with Gasteiger partial charge in [0.05, 0.1) is 12.1 Å². The molecule has 0 saturated carbocycles. The van der Waals surface area contributed by atoms with Crippen LogP contribution < -0.4 is 5.32 Å². The lowest BCUT2D eigenvalue weighted by molar-refractivity contribution is -0.137. The monoisotopic (exact) mass is 334 g/mol. The van der Waals surface area contributed by atoms with Crippen molar-refractivity contribution in [3.63, 3.8) is 0 Å². The zero-order valence-corrected chi connectivity index (χ0v) is 11.5. The molecular formula is C11H10BrF3N4. The Morgan fingerprint density at radius 1 is 1.37 bits per heavy atom. The number of aromatic nitrogens is 3. The van der Waals surface area contributed by atoms with Gasteiger partial charge in [0.25, 0.3) is 0 Å². The topological polar surface area (TPSA) is 42.7 Å². The molecule has 102 valence electrons. The number of halogens is 4. The molecule has 1 aromatic heterocycles. The maximum Gasteiger partial charge on any atom is 0.418 e. The van der Waals surface area contributed by atoms with Gasteiger partial charge in [0, 0.05) is 17.2 Å². The second kappa shape index (κ2) is 5.20. The second-order valence-electron chi connectivity index (χ2n) is 3.84. The molecular weight excluding hydrogens is 325 g/mol. The molecule has 0 aliphatic heterocycles. The highest BCUT2D eigenvalue weighted by Gasteiger charge is 2.33. The van der Waals surface area contributed by atoms with Gasteiger partial charge < -0.3 is 5.32 Å². The Kier molecular flexibility index (Phi) is 3.79. The molecule has 0 radical (unpaired) electrons. The van der Waals surface area contributed by atoms with E-state index in [2.05, 4.69) is 31.3 Å². The smallest absolute Gasteiger partial charge is 0.377 e. The van der Waals surface area contributed by atoms with Crippen molar-refractivity contribution in [3.8, 4) is 0 Å². The van der Waals surface area contributed by atoms with Gasteiger partial charge in [-0.1, -0.05) is 15.9 Å². The molecule has 19 heavy (non-hydrogen) atoms. The van der Waals surface area contributed by atoms with Gasteiger partial charge in [-0.3, -0.25) is 4.68 Å². The molecule has 0 unspecified atom stereocenters. The summed E-state index contributed by atoms with van der Waals surface area (Å²) in [5.41, 5.74) is -0.706. The number of nitrogens with one attached hydrogen (secondary N) is 1. The highest BCUT2D eigenvalue weighted by atomic mass is 79.9. The molecule has 0 amide bonds. The minimum atomic E-state index is -4.41. The van der Waals surface area contributed by atoms with Crippen LogP contribution in [-0.4, -0.2) is 14.8 Å². The molecule has 1 heterocycles. The van der Waals surface area contributed by atoms with E-state index in [0.717, 1.165) is 6.07 Å². The summed E-state index contributed by atoms with van der Waals surface area (Å²) in [6.45, 7) is 0.168. The van der Waals surface area contributed by atoms with Crippen molar-refractivity contribution in [2.45, 2.75) is 12.7 Å². The maximum absolute atomic E-state index is 12.9. The first-order valence-corrected chi connectivity index (χ1v) is 6.10. The summed E-state index contributed by atoms with van der Waals surface area (Å²) in [5, 5.41) is 6.58. The highest BCUT2D eigenvalue weighted by Crippen LogP contribution is 2.36. The molecule has 0 aliphatic carbocycles. The van der Waals surface area contributed by atoms with Crippen molar-refractivity contribution in [2.75, 3.05) is 5.32 Å². The number of hydrogen-bond acceptors (Lipinski definition) is 3. The van der Waals surface area contributed by atoms with Gasteiger partial charge in [-0.25, -0.2) is 4.98 Å². The van der Waals surface area contributed by atoms with Crippen LogP contribution in [0.25, 0.3) is 0 Å². The van der Waals surface area contributed by atoms with Crippen LogP contribution in [0.1, 0.15) is 11.4 Å². The van der Waals surface area contributed by atoms with E-state index < -0.39 is 11.7 Å². The van der Waals surface area contributed by atoms with E-state index in [1.54, 1.807) is 13.1 Å². The Labute approximate surface area is 115 Å². The third-order valence-electron chi connectivity index (χ3n) is 2.53. The average molecular weight is 335 g/mol. The van der Waals surface area contributed by atoms with E-state index in [4.69, 9.17) is 0 Å². The fourth-order valence-corrected chi connectivity index (χ4v) is 1.92. The van der Waals surface area contributed by atoms with Crippen molar-refractivity contribution in [1.82, 2.24) is 14.8 Å². The maximum atomic E-state index is 12.9. The number of benzene rings is 1. The van der Waals surface area contributed by atoms with Gasteiger partial charge in [0.15, 0.2) is 0 Å². The third-order valence-corrected chi connectivity index (χ3v) is 3.02. The lowest BCUT2D eigenvalue weighted by Gasteiger charge is -2.14. The van der Waals surface area contributed by atoms with Crippen LogP contribution in [0.3, 0.4) is 0 Å². The van der Waals surface area contributed by atoms with E-state index in [1.807, 2.05) is 0 Å². The molecule has 0 aliphatic rings. The number of alkyl halides is 3. The minimum Gasteiger partial charge on any atom is -0.377 e. The van der Waals surface area contributed by atoms with Gasteiger partial charge in [0.2, 0.25) is 0 Å². The van der Waals surface area contributed by atoms with Crippen molar-refractivity contribution >= 4 is 21.6 Å². The molecule has 2 aromatic rings. The SMILES string of the molecule is Cn1ncnc1CNc1ccc(Br)cc1C(F)(F)F. The summed E-state index contributed by atoms with van der Waals surface area (Å²) in [5.74, 6) is 0.552. The van der Waals surface area contributed by atoms with Gasteiger partial charge in [-0.2, -0.15) is 18.3 Å². The van der Waals surface area contributed by atoms with Gasteiger partial charge in [0.1, 0.15) is 12.2 Å². The summed E-state index contributed by atoms with van der Waals surface area (Å²) in [6.07, 6.45) is -3.06. The predicted molar refractivity (Wildman–Crippen MR) is 67.5 cm³/mol. The Morgan fingerprint density at radius 3 is 2.68 bits per heavy atom. The molecule has 0 atom stereocenters. The Morgan fingerprint density at radius 2 is 2.11 bits per heavy atom. The van der Waals surface area contributed by atoms with Gasteiger partial charge in [-0.15, -0.1) is 0 Å². The number of nitrogens with zero attached hydrogens (tertiary/aromatic N) is 3. The quantitative estimate of drug-likeness (QED) is 0.937. The Hall–Kier alpha value is -1.57. The second-order valence-corrected chi connectivity index (χ2v) is 4.76. The summed E-state index contributed by atoms with van der Waals surface area (Å²) in [6, 6.07) is 3.97. The zero-order chi connectivity index (χ0) is 14.0. The van der Waals surface area contributed by atoms with Crippen molar-refractivity contribution < 1.29 is 13.2 Å². The number of aryl methyl sites for hydroxylation is 1.